The Balaban J connectivity index is 4.21. The molecule has 0 aromatic heterocycles. The summed E-state index contributed by atoms with van der Waals surface area (Å²) in [6, 6.07) is 0. The van der Waals surface area contributed by atoms with E-state index in [1.165, 1.54) is 6.92 Å². The Morgan fingerprint density at radius 2 is 1.81 bits per heavy atom. The molecule has 8 heteroatoms. The van der Waals surface area contributed by atoms with E-state index in [1.54, 1.807) is 6.92 Å². The van der Waals surface area contributed by atoms with Gasteiger partial charge in [-0.2, -0.15) is 21.6 Å². The highest BCUT2D eigenvalue weighted by atomic mass is 32.2. The predicted molar refractivity (Wildman–Crippen MR) is 49.9 cm³/mol. The maximum atomic E-state index is 11.8. The molecule has 0 heterocycles. The number of rotatable bonds is 6. The molecule has 0 spiro atoms. The van der Waals surface area contributed by atoms with Crippen LogP contribution in [0.5, 0.6) is 0 Å². The zero-order chi connectivity index (χ0) is 13.0. The smallest absolute Gasteiger partial charge is 0.303 e. The molecule has 0 saturated carbocycles. The number of carbonyl (C=O) groups excluding carboxylic acids is 1. The van der Waals surface area contributed by atoms with Crippen molar-refractivity contribution in [2.24, 2.45) is 11.8 Å². The van der Waals surface area contributed by atoms with Crippen LogP contribution >= 0.6 is 0 Å². The van der Waals surface area contributed by atoms with Crippen LogP contribution in [0.1, 0.15) is 20.3 Å². The number of halogens is 3. The van der Waals surface area contributed by atoms with Crippen molar-refractivity contribution in [1.82, 2.24) is 0 Å². The molecule has 0 aromatic carbocycles. The Hall–Kier alpha value is -0.630. The Morgan fingerprint density at radius 1 is 1.31 bits per heavy atom. The molecule has 0 radical (unpaired) electrons. The van der Waals surface area contributed by atoms with Crippen LogP contribution in [0, 0.1) is 11.8 Å². The largest absolute Gasteiger partial charge is 0.523 e. The van der Waals surface area contributed by atoms with Gasteiger partial charge in [0.05, 0.1) is 6.61 Å². The van der Waals surface area contributed by atoms with Crippen molar-refractivity contribution >= 4 is 16.4 Å². The van der Waals surface area contributed by atoms with Crippen molar-refractivity contribution < 1.29 is 30.6 Å². The summed E-state index contributed by atoms with van der Waals surface area (Å²) in [4.78, 5) is 10.3. The quantitative estimate of drug-likeness (QED) is 0.415. The highest BCUT2D eigenvalue weighted by molar-refractivity contribution is 7.87. The summed E-state index contributed by atoms with van der Waals surface area (Å²) in [7, 11) is -5.52. The van der Waals surface area contributed by atoms with Gasteiger partial charge in [-0.1, -0.05) is 13.8 Å². The molecule has 4 nitrogen and oxygen atoms in total. The van der Waals surface area contributed by atoms with Crippen molar-refractivity contribution in [3.63, 3.8) is 0 Å². The van der Waals surface area contributed by atoms with Gasteiger partial charge < -0.3 is 4.79 Å². The standard InChI is InChI=1S/C8H13F3O4S/c1-6(4-12)3-7(2)5-15-16(13,14)8(9,10)11/h4,6-7H,3,5H2,1-2H3/t6-,7-/m1/s1. The third kappa shape index (κ3) is 4.93. The molecule has 2 atom stereocenters. The lowest BCUT2D eigenvalue weighted by molar-refractivity contribution is -0.111. The van der Waals surface area contributed by atoms with E-state index >= 15 is 0 Å². The molecule has 0 bridgehead atoms. The van der Waals surface area contributed by atoms with E-state index in [0.717, 1.165) is 0 Å². The van der Waals surface area contributed by atoms with Gasteiger partial charge in [0, 0.05) is 5.92 Å². The fraction of sp³-hybridized carbons (Fsp3) is 0.875. The highest BCUT2D eigenvalue weighted by Crippen LogP contribution is 2.25. The maximum absolute atomic E-state index is 11.8. The molecule has 16 heavy (non-hydrogen) atoms. The number of hydrogen-bond donors (Lipinski definition) is 0. The second-order valence-electron chi connectivity index (χ2n) is 3.64. The van der Waals surface area contributed by atoms with Crippen LogP contribution in [0.2, 0.25) is 0 Å². The van der Waals surface area contributed by atoms with Crippen LogP contribution < -0.4 is 0 Å². The first kappa shape index (κ1) is 15.4. The molecule has 0 unspecified atom stereocenters. The average Bonchev–Trinajstić information content (AvgIpc) is 2.13. The van der Waals surface area contributed by atoms with Gasteiger partial charge in [0.15, 0.2) is 0 Å². The van der Waals surface area contributed by atoms with Crippen LogP contribution in [0.4, 0.5) is 13.2 Å². The maximum Gasteiger partial charge on any atom is 0.523 e. The van der Waals surface area contributed by atoms with Crippen molar-refractivity contribution in [2.75, 3.05) is 6.61 Å². The monoisotopic (exact) mass is 262 g/mol. The van der Waals surface area contributed by atoms with Crippen LogP contribution in [0.15, 0.2) is 0 Å². The molecular weight excluding hydrogens is 249 g/mol. The fourth-order valence-corrected chi connectivity index (χ4v) is 1.58. The van der Waals surface area contributed by atoms with Crippen LogP contribution in [0.3, 0.4) is 0 Å². The van der Waals surface area contributed by atoms with E-state index < -0.39 is 28.2 Å². The first-order valence-electron chi connectivity index (χ1n) is 4.51. The summed E-state index contributed by atoms with van der Waals surface area (Å²) in [6.45, 7) is 2.51. The summed E-state index contributed by atoms with van der Waals surface area (Å²) in [5.74, 6) is -0.787. The lowest BCUT2D eigenvalue weighted by Gasteiger charge is -2.14. The third-order valence-electron chi connectivity index (χ3n) is 1.80. The Labute approximate surface area is 91.9 Å². The van der Waals surface area contributed by atoms with Crippen molar-refractivity contribution in [3.8, 4) is 0 Å². The third-order valence-corrected chi connectivity index (χ3v) is 2.81. The van der Waals surface area contributed by atoms with Crippen molar-refractivity contribution in [1.29, 1.82) is 0 Å². The molecule has 0 aliphatic carbocycles. The minimum Gasteiger partial charge on any atom is -0.303 e. The molecule has 0 amide bonds. The minimum atomic E-state index is -5.52. The molecule has 0 N–H and O–H groups in total. The molecule has 0 fully saturated rings. The lowest BCUT2D eigenvalue weighted by Crippen LogP contribution is -2.27. The van der Waals surface area contributed by atoms with Crippen molar-refractivity contribution in [3.05, 3.63) is 0 Å². The molecule has 0 saturated heterocycles. The topological polar surface area (TPSA) is 60.4 Å². The number of aldehydes is 1. The van der Waals surface area contributed by atoms with Gasteiger partial charge in [-0.05, 0) is 12.3 Å². The first-order chi connectivity index (χ1) is 7.10. The van der Waals surface area contributed by atoms with E-state index in [4.69, 9.17) is 0 Å². The van der Waals surface area contributed by atoms with Gasteiger partial charge in [0.25, 0.3) is 0 Å². The molecule has 0 aliphatic heterocycles. The van der Waals surface area contributed by atoms with Gasteiger partial charge in [-0.3, -0.25) is 4.18 Å². The van der Waals surface area contributed by atoms with E-state index in [2.05, 4.69) is 4.18 Å². The number of hydrogen-bond acceptors (Lipinski definition) is 4. The SMILES string of the molecule is C[C@@H](COS(=O)(=O)C(F)(F)F)C[C@@H](C)C=O. The van der Waals surface area contributed by atoms with Crippen LogP contribution in [-0.4, -0.2) is 26.8 Å². The number of alkyl halides is 3. The summed E-state index contributed by atoms with van der Waals surface area (Å²) >= 11 is 0. The fourth-order valence-electron chi connectivity index (χ4n) is 1.03. The Bertz CT molecular complexity index is 323. The summed E-state index contributed by atoms with van der Waals surface area (Å²) in [5, 5.41) is 0. The van der Waals surface area contributed by atoms with Gasteiger partial charge >= 0.3 is 15.6 Å². The normalized spacial score (nSPS) is 16.8. The highest BCUT2D eigenvalue weighted by Gasteiger charge is 2.47. The van der Waals surface area contributed by atoms with Crippen molar-refractivity contribution in [2.45, 2.75) is 25.8 Å². The number of carbonyl (C=O) groups is 1. The van der Waals surface area contributed by atoms with E-state index in [-0.39, 0.29) is 12.3 Å². The molecule has 0 rings (SSSR count). The summed E-state index contributed by atoms with van der Waals surface area (Å²) < 4.78 is 60.4. The van der Waals surface area contributed by atoms with Gasteiger partial charge in [-0.15, -0.1) is 0 Å². The lowest BCUT2D eigenvalue weighted by atomic mass is 10.00. The Morgan fingerprint density at radius 3 is 2.19 bits per heavy atom. The van der Waals surface area contributed by atoms with Gasteiger partial charge in [0.2, 0.25) is 0 Å². The molecule has 0 aliphatic rings. The summed E-state index contributed by atoms with van der Waals surface area (Å²) in [5.41, 5.74) is -5.40. The average molecular weight is 262 g/mol. The van der Waals surface area contributed by atoms with Gasteiger partial charge in [-0.25, -0.2) is 0 Å². The molecule has 0 aromatic rings. The molecule has 96 valence electrons. The van der Waals surface area contributed by atoms with E-state index in [9.17, 15) is 26.4 Å². The van der Waals surface area contributed by atoms with Crippen LogP contribution in [0.25, 0.3) is 0 Å². The van der Waals surface area contributed by atoms with E-state index in [0.29, 0.717) is 6.29 Å². The Kier molecular flexibility index (Phi) is 5.40. The van der Waals surface area contributed by atoms with Gasteiger partial charge in [0.1, 0.15) is 6.29 Å². The zero-order valence-corrected chi connectivity index (χ0v) is 9.64. The zero-order valence-electron chi connectivity index (χ0n) is 8.82. The first-order valence-corrected chi connectivity index (χ1v) is 5.92. The molecular formula is C8H13F3O4S. The van der Waals surface area contributed by atoms with E-state index in [1.807, 2.05) is 0 Å². The minimum absolute atomic E-state index is 0.275. The second-order valence-corrected chi connectivity index (χ2v) is 5.25. The summed E-state index contributed by atoms with van der Waals surface area (Å²) in [6.07, 6.45) is 0.922. The van der Waals surface area contributed by atoms with Crippen LogP contribution in [-0.2, 0) is 19.1 Å². The predicted octanol–water partition coefficient (Wildman–Crippen LogP) is 1.71. The second kappa shape index (κ2) is 5.62.